The number of hydrogen-bond acceptors (Lipinski definition) is 4. The fourth-order valence-corrected chi connectivity index (χ4v) is 3.93. The number of aliphatic hydroxyl groups excluding tert-OH is 1. The summed E-state index contributed by atoms with van der Waals surface area (Å²) in [6, 6.07) is 21.8. The molecule has 0 aliphatic rings. The van der Waals surface area contributed by atoms with Crippen molar-refractivity contribution in [2.45, 2.75) is 26.0 Å². The molecule has 0 aliphatic heterocycles. The van der Waals surface area contributed by atoms with Gasteiger partial charge in [0.25, 0.3) is 0 Å². The summed E-state index contributed by atoms with van der Waals surface area (Å²) in [5, 5.41) is 15.1. The molecule has 3 aromatic rings. The Labute approximate surface area is 170 Å². The lowest BCUT2D eigenvalue weighted by Crippen LogP contribution is -2.41. The fraction of sp³-hybridized carbons (Fsp3) is 0.261. The third-order valence-electron chi connectivity index (χ3n) is 4.48. The topological polar surface area (TPSA) is 52.6 Å². The van der Waals surface area contributed by atoms with Crippen LogP contribution >= 0.6 is 11.3 Å². The maximum absolute atomic E-state index is 12.9. The van der Waals surface area contributed by atoms with Crippen molar-refractivity contribution in [2.75, 3.05) is 18.0 Å². The first kappa shape index (κ1) is 20.1. The zero-order chi connectivity index (χ0) is 19.9. The molecule has 1 amide bonds. The Balaban J connectivity index is 1.78. The van der Waals surface area contributed by atoms with Crippen molar-refractivity contribution < 1.29 is 9.90 Å². The lowest BCUT2D eigenvalue weighted by molar-refractivity contribution is -0.120. The van der Waals surface area contributed by atoms with Gasteiger partial charge >= 0.3 is 0 Å². The predicted octanol–water partition coefficient (Wildman–Crippen LogP) is 4.15. The van der Waals surface area contributed by atoms with Crippen LogP contribution in [0, 0.1) is 6.92 Å². The minimum atomic E-state index is -0.529. The second-order valence-corrected chi connectivity index (χ2v) is 7.97. The average molecular weight is 395 g/mol. The number of carbonyl (C=O) groups is 1. The first-order valence-corrected chi connectivity index (χ1v) is 10.3. The van der Waals surface area contributed by atoms with Gasteiger partial charge in [-0.3, -0.25) is 4.79 Å². The second kappa shape index (κ2) is 9.53. The molecule has 3 rings (SSSR count). The van der Waals surface area contributed by atoms with Crippen molar-refractivity contribution in [3.63, 3.8) is 0 Å². The molecule has 0 bridgehead atoms. The highest BCUT2D eigenvalue weighted by Gasteiger charge is 2.20. The van der Waals surface area contributed by atoms with Gasteiger partial charge in [0.2, 0.25) is 5.91 Å². The average Bonchev–Trinajstić information content (AvgIpc) is 3.21. The van der Waals surface area contributed by atoms with Gasteiger partial charge in [-0.1, -0.05) is 54.1 Å². The summed E-state index contributed by atoms with van der Waals surface area (Å²) in [5.74, 6) is -0.0801. The lowest BCUT2D eigenvalue weighted by Gasteiger charge is -2.27. The maximum Gasteiger partial charge on any atom is 0.240 e. The van der Waals surface area contributed by atoms with Crippen molar-refractivity contribution in [3.8, 4) is 0 Å². The van der Waals surface area contributed by atoms with E-state index in [4.69, 9.17) is 0 Å². The number of thiophene rings is 1. The van der Waals surface area contributed by atoms with E-state index >= 15 is 0 Å². The van der Waals surface area contributed by atoms with Crippen molar-refractivity contribution in [1.29, 1.82) is 0 Å². The zero-order valence-electron chi connectivity index (χ0n) is 16.2. The van der Waals surface area contributed by atoms with Crippen LogP contribution in [0.3, 0.4) is 0 Å². The molecule has 0 fully saturated rings. The SMILES string of the molecule is Cc1ccc(C(NC(=O)CN(CC(C)O)c2ccccc2)c2cccs2)cc1. The van der Waals surface area contributed by atoms with Gasteiger partial charge in [0, 0.05) is 17.1 Å². The number of nitrogens with zero attached hydrogens (tertiary/aromatic N) is 1. The molecule has 4 nitrogen and oxygen atoms in total. The second-order valence-electron chi connectivity index (χ2n) is 6.99. The van der Waals surface area contributed by atoms with E-state index < -0.39 is 6.10 Å². The Morgan fingerprint density at radius 3 is 2.39 bits per heavy atom. The van der Waals surface area contributed by atoms with Crippen LogP contribution in [0.5, 0.6) is 0 Å². The molecule has 0 saturated heterocycles. The normalized spacial score (nSPS) is 13.0. The fourth-order valence-electron chi connectivity index (χ4n) is 3.13. The highest BCUT2D eigenvalue weighted by Crippen LogP contribution is 2.26. The number of carbonyl (C=O) groups excluding carboxylic acids is 1. The van der Waals surface area contributed by atoms with Crippen molar-refractivity contribution in [1.82, 2.24) is 5.32 Å². The van der Waals surface area contributed by atoms with Crippen LogP contribution in [-0.2, 0) is 4.79 Å². The third-order valence-corrected chi connectivity index (χ3v) is 5.42. The van der Waals surface area contributed by atoms with Crippen molar-refractivity contribution in [2.24, 2.45) is 0 Å². The van der Waals surface area contributed by atoms with Gasteiger partial charge in [-0.25, -0.2) is 0 Å². The minimum absolute atomic E-state index is 0.0801. The van der Waals surface area contributed by atoms with Crippen molar-refractivity contribution >= 4 is 22.9 Å². The van der Waals surface area contributed by atoms with Crippen molar-refractivity contribution in [3.05, 3.63) is 88.1 Å². The molecule has 0 spiro atoms. The first-order chi connectivity index (χ1) is 13.5. The molecule has 2 unspecified atom stereocenters. The number of para-hydroxylation sites is 1. The Morgan fingerprint density at radius 2 is 1.79 bits per heavy atom. The molecular weight excluding hydrogens is 368 g/mol. The van der Waals surface area contributed by atoms with Gasteiger partial charge in [-0.2, -0.15) is 0 Å². The highest BCUT2D eigenvalue weighted by molar-refractivity contribution is 7.10. The number of nitrogens with one attached hydrogen (secondary N) is 1. The number of anilines is 1. The largest absolute Gasteiger partial charge is 0.392 e. The molecule has 0 radical (unpaired) electrons. The Kier molecular flexibility index (Phi) is 6.85. The van der Waals surface area contributed by atoms with Crippen LogP contribution < -0.4 is 10.2 Å². The van der Waals surface area contributed by atoms with Crippen LogP contribution in [0.1, 0.15) is 29.0 Å². The number of amides is 1. The molecule has 2 aromatic carbocycles. The first-order valence-electron chi connectivity index (χ1n) is 9.40. The summed E-state index contributed by atoms with van der Waals surface area (Å²) in [5.41, 5.74) is 3.16. The monoisotopic (exact) mass is 394 g/mol. The summed E-state index contributed by atoms with van der Waals surface area (Å²) in [6.07, 6.45) is -0.529. The number of aryl methyl sites for hydroxylation is 1. The number of rotatable bonds is 8. The summed E-state index contributed by atoms with van der Waals surface area (Å²) in [6.45, 7) is 4.36. The summed E-state index contributed by atoms with van der Waals surface area (Å²) >= 11 is 1.63. The number of aliphatic hydroxyl groups is 1. The Bertz CT molecular complexity index is 861. The van der Waals surface area contributed by atoms with Crippen LogP contribution in [0.15, 0.2) is 72.1 Å². The molecule has 2 atom stereocenters. The molecule has 28 heavy (non-hydrogen) atoms. The molecule has 0 saturated carbocycles. The van der Waals surface area contributed by atoms with Crippen LogP contribution in [-0.4, -0.2) is 30.2 Å². The Hall–Kier alpha value is -2.63. The summed E-state index contributed by atoms with van der Waals surface area (Å²) in [4.78, 5) is 15.9. The standard InChI is InChI=1S/C23H26N2O2S/c1-17-10-12-19(13-11-17)23(21-9-6-14-28-21)24-22(27)16-25(15-18(2)26)20-7-4-3-5-8-20/h3-14,18,23,26H,15-16H2,1-2H3,(H,24,27). The molecule has 0 aliphatic carbocycles. The quantitative estimate of drug-likeness (QED) is 0.603. The van der Waals surface area contributed by atoms with E-state index in [0.717, 1.165) is 16.1 Å². The van der Waals surface area contributed by atoms with E-state index in [-0.39, 0.29) is 18.5 Å². The van der Waals surface area contributed by atoms with E-state index in [1.165, 1.54) is 5.56 Å². The Morgan fingerprint density at radius 1 is 1.07 bits per heavy atom. The molecule has 1 heterocycles. The minimum Gasteiger partial charge on any atom is -0.392 e. The van der Waals surface area contributed by atoms with E-state index in [1.54, 1.807) is 18.3 Å². The van der Waals surface area contributed by atoms with E-state index in [1.807, 2.05) is 52.7 Å². The molecule has 1 aromatic heterocycles. The van der Waals surface area contributed by atoms with E-state index in [0.29, 0.717) is 6.54 Å². The molecule has 5 heteroatoms. The van der Waals surface area contributed by atoms with Gasteiger partial charge in [-0.05, 0) is 43.0 Å². The van der Waals surface area contributed by atoms with Crippen LogP contribution in [0.2, 0.25) is 0 Å². The van der Waals surface area contributed by atoms with Crippen LogP contribution in [0.4, 0.5) is 5.69 Å². The van der Waals surface area contributed by atoms with Gasteiger partial charge in [0.15, 0.2) is 0 Å². The van der Waals surface area contributed by atoms with Gasteiger partial charge in [0.1, 0.15) is 0 Å². The van der Waals surface area contributed by atoms with Gasteiger partial charge in [0.05, 0.1) is 18.7 Å². The smallest absolute Gasteiger partial charge is 0.240 e. The van der Waals surface area contributed by atoms with Gasteiger partial charge in [-0.15, -0.1) is 11.3 Å². The molecule has 146 valence electrons. The maximum atomic E-state index is 12.9. The van der Waals surface area contributed by atoms with Gasteiger partial charge < -0.3 is 15.3 Å². The predicted molar refractivity (Wildman–Crippen MR) is 116 cm³/mol. The van der Waals surface area contributed by atoms with E-state index in [2.05, 4.69) is 36.5 Å². The highest BCUT2D eigenvalue weighted by atomic mass is 32.1. The summed E-state index contributed by atoms with van der Waals surface area (Å²) in [7, 11) is 0. The number of benzene rings is 2. The zero-order valence-corrected chi connectivity index (χ0v) is 17.0. The van der Waals surface area contributed by atoms with Crippen LogP contribution in [0.25, 0.3) is 0 Å². The summed E-state index contributed by atoms with van der Waals surface area (Å²) < 4.78 is 0. The molecular formula is C23H26N2O2S. The third kappa shape index (κ3) is 5.44. The molecule has 2 N–H and O–H groups in total. The van der Waals surface area contributed by atoms with E-state index in [9.17, 15) is 9.90 Å². The lowest BCUT2D eigenvalue weighted by atomic mass is 10.0. The number of hydrogen-bond donors (Lipinski definition) is 2.